The molecule has 59 heavy (non-hydrogen) atoms. The Bertz CT molecular complexity index is 2400. The van der Waals surface area contributed by atoms with E-state index in [1.165, 1.54) is 0 Å². The predicted octanol–water partition coefficient (Wildman–Crippen LogP) is 4.10. The topological polar surface area (TPSA) is 164 Å². The Kier molecular flexibility index (Phi) is 9.13. The van der Waals surface area contributed by atoms with Crippen LogP contribution in [-0.2, 0) is 16.1 Å². The van der Waals surface area contributed by atoms with Crippen LogP contribution in [0, 0.1) is 22.2 Å². The molecule has 4 fully saturated rings. The van der Waals surface area contributed by atoms with E-state index >= 15 is 0 Å². The van der Waals surface area contributed by atoms with E-state index in [0.717, 1.165) is 29.2 Å². The highest BCUT2D eigenvalue weighted by Crippen LogP contribution is 2.59. The molecular formula is C44H44ClN7O7. The van der Waals surface area contributed by atoms with Crippen LogP contribution in [0.1, 0.15) is 93.1 Å². The number of halogens is 1. The van der Waals surface area contributed by atoms with Gasteiger partial charge in [-0.1, -0.05) is 39.3 Å². The van der Waals surface area contributed by atoms with E-state index in [9.17, 15) is 34.0 Å². The van der Waals surface area contributed by atoms with E-state index in [2.05, 4.69) is 48.9 Å². The number of piperazine rings is 1. The monoisotopic (exact) mass is 817 g/mol. The summed E-state index contributed by atoms with van der Waals surface area (Å²) in [6, 6.07) is 16.8. The molecule has 15 heteroatoms. The van der Waals surface area contributed by atoms with Gasteiger partial charge in [0.2, 0.25) is 11.8 Å². The number of nitriles is 1. The third-order valence-electron chi connectivity index (χ3n) is 13.3. The number of amides is 6. The van der Waals surface area contributed by atoms with Crippen molar-refractivity contribution in [2.75, 3.05) is 44.2 Å². The second-order valence-electron chi connectivity index (χ2n) is 17.7. The van der Waals surface area contributed by atoms with Crippen molar-refractivity contribution >= 4 is 52.7 Å². The van der Waals surface area contributed by atoms with Gasteiger partial charge in [0, 0.05) is 98.0 Å². The highest BCUT2D eigenvalue weighted by Gasteiger charge is 2.67. The molecule has 1 aliphatic carbocycles. The Labute approximate surface area is 346 Å². The molecule has 5 aliphatic heterocycles. The van der Waals surface area contributed by atoms with Gasteiger partial charge in [-0.15, -0.1) is 0 Å². The minimum absolute atomic E-state index is 0.0534. The zero-order valence-corrected chi connectivity index (χ0v) is 34.0. The zero-order chi connectivity index (χ0) is 41.7. The maximum Gasteiger partial charge on any atom is 0.262 e. The molecule has 3 saturated heterocycles. The molecule has 5 heterocycles. The first-order chi connectivity index (χ1) is 28.1. The van der Waals surface area contributed by atoms with Gasteiger partial charge in [-0.05, 0) is 60.5 Å². The van der Waals surface area contributed by atoms with Gasteiger partial charge >= 0.3 is 0 Å². The number of ether oxygens (including phenoxy) is 1. The molecule has 3 aromatic rings. The van der Waals surface area contributed by atoms with Gasteiger partial charge in [0.1, 0.15) is 24.0 Å². The quantitative estimate of drug-likeness (QED) is 0.344. The van der Waals surface area contributed by atoms with E-state index < -0.39 is 40.5 Å². The van der Waals surface area contributed by atoms with Gasteiger partial charge in [-0.3, -0.25) is 43.9 Å². The van der Waals surface area contributed by atoms with Crippen LogP contribution in [0.15, 0.2) is 54.6 Å². The average Bonchev–Trinajstić information content (AvgIpc) is 3.63. The molecule has 0 spiro atoms. The lowest BCUT2D eigenvalue weighted by Crippen LogP contribution is -2.74. The van der Waals surface area contributed by atoms with Crippen LogP contribution >= 0.6 is 11.6 Å². The van der Waals surface area contributed by atoms with Crippen molar-refractivity contribution in [2.45, 2.75) is 71.3 Å². The average molecular weight is 818 g/mol. The van der Waals surface area contributed by atoms with E-state index in [-0.39, 0.29) is 54.0 Å². The van der Waals surface area contributed by atoms with Gasteiger partial charge in [-0.2, -0.15) is 5.26 Å². The first-order valence-corrected chi connectivity index (χ1v) is 20.4. The molecule has 14 nitrogen and oxygen atoms in total. The van der Waals surface area contributed by atoms with Crippen molar-refractivity contribution in [2.24, 2.45) is 10.8 Å². The van der Waals surface area contributed by atoms with Crippen LogP contribution in [0.5, 0.6) is 5.75 Å². The Balaban J connectivity index is 0.789. The largest absolute Gasteiger partial charge is 0.489 e. The fourth-order valence-corrected chi connectivity index (χ4v) is 10.9. The molecule has 1 unspecified atom stereocenters. The van der Waals surface area contributed by atoms with E-state index in [1.807, 2.05) is 21.9 Å². The lowest BCUT2D eigenvalue weighted by atomic mass is 9.49. The summed E-state index contributed by atoms with van der Waals surface area (Å²) in [4.78, 5) is 87.5. The Morgan fingerprint density at radius 3 is 2.22 bits per heavy atom. The number of rotatable bonds is 7. The van der Waals surface area contributed by atoms with Crippen LogP contribution < -0.4 is 15.0 Å². The van der Waals surface area contributed by atoms with Gasteiger partial charge < -0.3 is 19.4 Å². The number of carbonyl (C=O) groups excluding carboxylic acids is 6. The molecule has 6 amide bonds. The van der Waals surface area contributed by atoms with E-state index in [0.29, 0.717) is 60.2 Å². The maximum atomic E-state index is 13.9. The minimum atomic E-state index is -1.00. The van der Waals surface area contributed by atoms with Crippen molar-refractivity contribution in [3.8, 4) is 11.8 Å². The lowest BCUT2D eigenvalue weighted by molar-refractivity contribution is -0.199. The van der Waals surface area contributed by atoms with Gasteiger partial charge in [0.05, 0.1) is 21.7 Å². The number of benzene rings is 3. The fraction of sp³-hybridized carbons (Fsp3) is 0.432. The molecule has 0 bridgehead atoms. The number of carbonyl (C=O) groups is 6. The van der Waals surface area contributed by atoms with Gasteiger partial charge in [-0.25, -0.2) is 0 Å². The Morgan fingerprint density at radius 2 is 1.54 bits per heavy atom. The van der Waals surface area contributed by atoms with Crippen molar-refractivity contribution in [1.29, 1.82) is 5.26 Å². The van der Waals surface area contributed by atoms with Crippen molar-refractivity contribution in [1.82, 2.24) is 24.9 Å². The Hall–Kier alpha value is -5.78. The molecule has 3 aromatic carbocycles. The number of nitrogens with zero attached hydrogens (tertiary/aromatic N) is 6. The summed E-state index contributed by atoms with van der Waals surface area (Å²) < 4.78 is 6.46. The summed E-state index contributed by atoms with van der Waals surface area (Å²) in [6.07, 6.45) is -0.0479. The maximum absolute atomic E-state index is 13.9. The lowest BCUT2D eigenvalue weighted by Gasteiger charge is -2.65. The normalized spacial score (nSPS) is 24.9. The second kappa shape index (κ2) is 13.9. The summed E-state index contributed by atoms with van der Waals surface area (Å²) >= 11 is 6.28. The second-order valence-corrected chi connectivity index (χ2v) is 18.1. The molecule has 6 aliphatic rings. The van der Waals surface area contributed by atoms with Crippen molar-refractivity contribution in [3.05, 3.63) is 93.0 Å². The standard InChI is InChI=1S/C44H44ClN7O7/c1-43(2)41(44(3,4)42(43)59-29-8-5-25(20-46)33(45)19-29)51-21-26-17-24(6-9-30(26)38(51)56)37(55)49-15-13-48(14-16-49)28-22-50(23-28)27-7-10-31-32(18-27)40(58)52(39(31)57)34-11-12-35(53)47-36(34)54/h5-10,17-19,28,34,41-42H,11-16,21-23H2,1-4H3,(H,47,53,54)/t34?,41-,42-. The number of anilines is 1. The zero-order valence-electron chi connectivity index (χ0n) is 33.3. The molecule has 1 N–H and O–H groups in total. The number of piperidine rings is 1. The summed E-state index contributed by atoms with van der Waals surface area (Å²) in [5.74, 6) is -1.63. The highest BCUT2D eigenvalue weighted by molar-refractivity contribution is 6.31. The number of fused-ring (bicyclic) bond motifs is 2. The SMILES string of the molecule is CC1(C)[C@H](Oc2ccc(C#N)c(Cl)c2)C(C)(C)[C@H]1N1Cc2cc(C(=O)N3CCN(C4CN(c5ccc6c(c5)C(=O)N(C5CCC(=O)NC5=O)C6=O)C4)CC3)ccc2C1=O. The molecule has 0 radical (unpaired) electrons. The number of nitrogens with one attached hydrogen (secondary N) is 1. The summed E-state index contributed by atoms with van der Waals surface area (Å²) in [7, 11) is 0. The first-order valence-electron chi connectivity index (χ1n) is 20.0. The number of hydrogen-bond acceptors (Lipinski definition) is 10. The molecule has 1 atom stereocenters. The van der Waals surface area contributed by atoms with Crippen LogP contribution in [0.25, 0.3) is 0 Å². The van der Waals surface area contributed by atoms with Crippen LogP contribution in [-0.4, -0.2) is 119 Å². The van der Waals surface area contributed by atoms with Crippen LogP contribution in [0.2, 0.25) is 5.02 Å². The fourth-order valence-electron chi connectivity index (χ4n) is 10.7. The third-order valence-corrected chi connectivity index (χ3v) is 13.7. The molecule has 1 saturated carbocycles. The Morgan fingerprint density at radius 1 is 0.847 bits per heavy atom. The van der Waals surface area contributed by atoms with Gasteiger partial charge in [0.15, 0.2) is 0 Å². The van der Waals surface area contributed by atoms with Gasteiger partial charge in [0.25, 0.3) is 23.6 Å². The van der Waals surface area contributed by atoms with Crippen LogP contribution in [0.4, 0.5) is 5.69 Å². The minimum Gasteiger partial charge on any atom is -0.489 e. The third kappa shape index (κ3) is 6.16. The van der Waals surface area contributed by atoms with Crippen molar-refractivity contribution in [3.63, 3.8) is 0 Å². The van der Waals surface area contributed by atoms with E-state index in [1.54, 1.807) is 42.5 Å². The summed E-state index contributed by atoms with van der Waals surface area (Å²) in [5.41, 5.74) is 2.92. The molecule has 304 valence electrons. The summed E-state index contributed by atoms with van der Waals surface area (Å²) in [6.45, 7) is 12.8. The van der Waals surface area contributed by atoms with E-state index in [4.69, 9.17) is 16.3 Å². The highest BCUT2D eigenvalue weighted by atomic mass is 35.5. The molecular weight excluding hydrogens is 774 g/mol. The predicted molar refractivity (Wildman–Crippen MR) is 215 cm³/mol. The smallest absolute Gasteiger partial charge is 0.262 e. The number of imide groups is 2. The number of hydrogen-bond donors (Lipinski definition) is 1. The van der Waals surface area contributed by atoms with Crippen molar-refractivity contribution < 1.29 is 33.5 Å². The molecule has 0 aromatic heterocycles. The first kappa shape index (κ1) is 38.7. The summed E-state index contributed by atoms with van der Waals surface area (Å²) in [5, 5.41) is 11.8. The molecule has 9 rings (SSSR count). The van der Waals surface area contributed by atoms with Crippen LogP contribution in [0.3, 0.4) is 0 Å².